The van der Waals surface area contributed by atoms with Gasteiger partial charge in [-0.3, -0.25) is 14.4 Å². The molecule has 2 heterocycles. The van der Waals surface area contributed by atoms with Crippen LogP contribution >= 0.6 is 0 Å². The van der Waals surface area contributed by atoms with Gasteiger partial charge in [0.25, 0.3) is 11.8 Å². The van der Waals surface area contributed by atoms with Gasteiger partial charge in [0.05, 0.1) is 5.92 Å². The van der Waals surface area contributed by atoms with Gasteiger partial charge in [-0.25, -0.2) is 0 Å². The zero-order chi connectivity index (χ0) is 25.1. The van der Waals surface area contributed by atoms with Gasteiger partial charge in [-0.05, 0) is 62.4 Å². The van der Waals surface area contributed by atoms with Crippen LogP contribution < -0.4 is 20.1 Å². The van der Waals surface area contributed by atoms with Gasteiger partial charge >= 0.3 is 0 Å². The molecule has 8 heteroatoms. The summed E-state index contributed by atoms with van der Waals surface area (Å²) in [6, 6.07) is 12.5. The van der Waals surface area contributed by atoms with E-state index in [0.717, 1.165) is 44.1 Å². The topological polar surface area (TPSA) is 97.0 Å². The largest absolute Gasteiger partial charge is 0.454 e. The molecule has 1 saturated heterocycles. The highest BCUT2D eigenvalue weighted by Crippen LogP contribution is 2.33. The molecular weight excluding hydrogens is 458 g/mol. The van der Waals surface area contributed by atoms with E-state index < -0.39 is 0 Å². The Hall–Kier alpha value is -3.55. The molecule has 1 aliphatic carbocycles. The minimum Gasteiger partial charge on any atom is -0.454 e. The molecule has 0 spiro atoms. The van der Waals surface area contributed by atoms with Gasteiger partial charge in [-0.2, -0.15) is 0 Å². The Labute approximate surface area is 211 Å². The van der Waals surface area contributed by atoms with E-state index in [2.05, 4.69) is 10.6 Å². The van der Waals surface area contributed by atoms with Crippen LogP contribution in [0.3, 0.4) is 0 Å². The summed E-state index contributed by atoms with van der Waals surface area (Å²) in [5.74, 6) is 0.693. The first-order valence-electron chi connectivity index (χ1n) is 12.9. The first kappa shape index (κ1) is 24.2. The number of hydrogen-bond donors (Lipinski definition) is 2. The SMILES string of the molecule is Cc1ccccc1C(=O)N[C@@H]1CCCCC1NC(=O)C1CCCN(C(=O)c2ccc3c(c2)OCO3)C1. The molecule has 8 nitrogen and oxygen atoms in total. The van der Waals surface area contributed by atoms with Crippen molar-refractivity contribution in [3.05, 3.63) is 59.2 Å². The third kappa shape index (κ3) is 5.17. The van der Waals surface area contributed by atoms with Crippen molar-refractivity contribution < 1.29 is 23.9 Å². The lowest BCUT2D eigenvalue weighted by molar-refractivity contribution is -0.127. The number of carbonyl (C=O) groups is 3. The molecule has 2 unspecified atom stereocenters. The summed E-state index contributed by atoms with van der Waals surface area (Å²) in [7, 11) is 0. The zero-order valence-corrected chi connectivity index (χ0v) is 20.6. The van der Waals surface area contributed by atoms with Crippen LogP contribution in [-0.2, 0) is 4.79 Å². The van der Waals surface area contributed by atoms with Crippen LogP contribution in [0.15, 0.2) is 42.5 Å². The molecule has 0 bridgehead atoms. The molecule has 3 aliphatic rings. The van der Waals surface area contributed by atoms with Crippen LogP contribution in [0.25, 0.3) is 0 Å². The monoisotopic (exact) mass is 491 g/mol. The highest BCUT2D eigenvalue weighted by Gasteiger charge is 2.33. The van der Waals surface area contributed by atoms with Crippen LogP contribution in [0.5, 0.6) is 11.5 Å². The maximum atomic E-state index is 13.3. The second-order valence-corrected chi connectivity index (χ2v) is 9.95. The number of ether oxygens (including phenoxy) is 2. The van der Waals surface area contributed by atoms with Gasteiger partial charge in [0.15, 0.2) is 11.5 Å². The number of nitrogens with one attached hydrogen (secondary N) is 2. The smallest absolute Gasteiger partial charge is 0.254 e. The van der Waals surface area contributed by atoms with Crippen molar-refractivity contribution in [2.24, 2.45) is 5.92 Å². The number of nitrogens with zero attached hydrogens (tertiary/aromatic N) is 1. The van der Waals surface area contributed by atoms with E-state index in [1.54, 1.807) is 23.1 Å². The molecule has 2 fully saturated rings. The fraction of sp³-hybridized carbons (Fsp3) is 0.464. The first-order valence-corrected chi connectivity index (χ1v) is 12.9. The van der Waals surface area contributed by atoms with Gasteiger partial charge in [-0.15, -0.1) is 0 Å². The van der Waals surface area contributed by atoms with Crippen LogP contribution in [0, 0.1) is 12.8 Å². The van der Waals surface area contributed by atoms with E-state index in [-0.39, 0.29) is 42.5 Å². The molecule has 3 atom stereocenters. The Morgan fingerprint density at radius 1 is 0.889 bits per heavy atom. The van der Waals surface area contributed by atoms with E-state index in [1.165, 1.54) is 0 Å². The summed E-state index contributed by atoms with van der Waals surface area (Å²) in [5, 5.41) is 6.38. The molecule has 0 aromatic heterocycles. The fourth-order valence-corrected chi connectivity index (χ4v) is 5.44. The minimum atomic E-state index is -0.272. The molecule has 1 saturated carbocycles. The van der Waals surface area contributed by atoms with E-state index in [0.29, 0.717) is 35.7 Å². The Morgan fingerprint density at radius 3 is 2.44 bits per heavy atom. The third-order valence-corrected chi connectivity index (χ3v) is 7.50. The Balaban J connectivity index is 1.20. The molecule has 190 valence electrons. The van der Waals surface area contributed by atoms with Crippen molar-refractivity contribution in [3.63, 3.8) is 0 Å². The molecule has 2 aromatic carbocycles. The van der Waals surface area contributed by atoms with Gasteiger partial charge in [0.2, 0.25) is 12.7 Å². The van der Waals surface area contributed by atoms with Crippen molar-refractivity contribution in [1.29, 1.82) is 0 Å². The number of likely N-dealkylation sites (tertiary alicyclic amines) is 1. The number of carbonyl (C=O) groups excluding carboxylic acids is 3. The van der Waals surface area contributed by atoms with Gasteiger partial charge in [0, 0.05) is 36.3 Å². The number of fused-ring (bicyclic) bond motifs is 1. The lowest BCUT2D eigenvalue weighted by Crippen LogP contribution is -2.55. The normalized spacial score (nSPS) is 23.1. The standard InChI is InChI=1S/C28H33N3O5/c1-18-7-2-3-9-21(18)27(33)30-23-11-5-4-10-22(23)29-26(32)20-8-6-14-31(16-20)28(34)19-12-13-24-25(15-19)36-17-35-24/h2-3,7,9,12-13,15,20,22-23H,4-6,8,10-11,14,16-17H2,1H3,(H,29,32)(H,30,33)/t20?,22?,23-/m1/s1. The number of benzene rings is 2. The van der Waals surface area contributed by atoms with E-state index in [4.69, 9.17) is 9.47 Å². The Kier molecular flexibility index (Phi) is 7.11. The molecule has 2 N–H and O–H groups in total. The molecule has 3 amide bonds. The van der Waals surface area contributed by atoms with Gasteiger partial charge < -0.3 is 25.0 Å². The minimum absolute atomic E-state index is 0.0415. The molecule has 36 heavy (non-hydrogen) atoms. The highest BCUT2D eigenvalue weighted by atomic mass is 16.7. The van der Waals surface area contributed by atoms with Crippen molar-refractivity contribution in [3.8, 4) is 11.5 Å². The van der Waals surface area contributed by atoms with E-state index in [9.17, 15) is 14.4 Å². The molecule has 2 aliphatic heterocycles. The van der Waals surface area contributed by atoms with Gasteiger partial charge in [-0.1, -0.05) is 31.0 Å². The van der Waals surface area contributed by atoms with Crippen molar-refractivity contribution in [2.45, 2.75) is 57.5 Å². The summed E-state index contributed by atoms with van der Waals surface area (Å²) in [6.07, 6.45) is 5.21. The summed E-state index contributed by atoms with van der Waals surface area (Å²) in [6.45, 7) is 3.09. The highest BCUT2D eigenvalue weighted by molar-refractivity contribution is 5.96. The summed E-state index contributed by atoms with van der Waals surface area (Å²) in [5.41, 5.74) is 2.13. The van der Waals surface area contributed by atoms with Crippen LogP contribution in [0.4, 0.5) is 0 Å². The number of rotatable bonds is 5. The average Bonchev–Trinajstić information content (AvgIpc) is 3.38. The van der Waals surface area contributed by atoms with Crippen LogP contribution in [0.2, 0.25) is 0 Å². The molecule has 5 rings (SSSR count). The third-order valence-electron chi connectivity index (χ3n) is 7.50. The average molecular weight is 492 g/mol. The van der Waals surface area contributed by atoms with Crippen molar-refractivity contribution >= 4 is 17.7 Å². The zero-order valence-electron chi connectivity index (χ0n) is 20.6. The number of hydrogen-bond acceptors (Lipinski definition) is 5. The lowest BCUT2D eigenvalue weighted by Gasteiger charge is -2.36. The van der Waals surface area contributed by atoms with E-state index >= 15 is 0 Å². The van der Waals surface area contributed by atoms with Crippen LogP contribution in [-0.4, -0.2) is 54.6 Å². The predicted molar refractivity (Wildman–Crippen MR) is 134 cm³/mol. The maximum absolute atomic E-state index is 13.3. The second kappa shape index (κ2) is 10.6. The fourth-order valence-electron chi connectivity index (χ4n) is 5.44. The quantitative estimate of drug-likeness (QED) is 0.668. The Morgan fingerprint density at radius 2 is 1.64 bits per heavy atom. The number of piperidine rings is 1. The number of aryl methyl sites for hydroxylation is 1. The second-order valence-electron chi connectivity index (χ2n) is 9.95. The molecule has 2 aromatic rings. The summed E-state index contributed by atoms with van der Waals surface area (Å²) >= 11 is 0. The van der Waals surface area contributed by atoms with Crippen molar-refractivity contribution in [2.75, 3.05) is 19.9 Å². The molecular formula is C28H33N3O5. The molecule has 0 radical (unpaired) electrons. The summed E-state index contributed by atoms with van der Waals surface area (Å²) in [4.78, 5) is 41.1. The van der Waals surface area contributed by atoms with Gasteiger partial charge in [0.1, 0.15) is 0 Å². The number of amides is 3. The lowest BCUT2D eigenvalue weighted by atomic mass is 9.88. The summed E-state index contributed by atoms with van der Waals surface area (Å²) < 4.78 is 10.7. The Bertz CT molecular complexity index is 1150. The van der Waals surface area contributed by atoms with Crippen LogP contribution in [0.1, 0.15) is 64.8 Å². The first-order chi connectivity index (χ1) is 17.5. The van der Waals surface area contributed by atoms with E-state index in [1.807, 2.05) is 31.2 Å². The predicted octanol–water partition coefficient (Wildman–Crippen LogP) is 3.43. The maximum Gasteiger partial charge on any atom is 0.254 e. The van der Waals surface area contributed by atoms with Crippen molar-refractivity contribution in [1.82, 2.24) is 15.5 Å².